The Morgan fingerprint density at radius 3 is 2.22 bits per heavy atom. The van der Waals surface area contributed by atoms with Gasteiger partial charge < -0.3 is 5.32 Å². The van der Waals surface area contributed by atoms with Gasteiger partial charge in [-0.05, 0) is 31.2 Å². The van der Waals surface area contributed by atoms with Crippen molar-refractivity contribution in [3.63, 3.8) is 0 Å². The van der Waals surface area contributed by atoms with E-state index in [0.29, 0.717) is 15.9 Å². The van der Waals surface area contributed by atoms with Crippen LogP contribution in [0, 0.1) is 0 Å². The number of carbonyl (C=O) groups excluding carboxylic acids is 2. The Morgan fingerprint density at radius 1 is 1.22 bits per heavy atom. The van der Waals surface area contributed by atoms with Crippen molar-refractivity contribution in [1.82, 2.24) is 9.78 Å². The minimum Gasteiger partial charge on any atom is -0.321 e. The number of rotatable bonds is 3. The third kappa shape index (κ3) is 3.53. The van der Waals surface area contributed by atoms with Crippen LogP contribution in [0.25, 0.3) is 0 Å². The zero-order valence-electron chi connectivity index (χ0n) is 12.0. The molecule has 2 aromatic rings. The number of halogens is 4. The first kappa shape index (κ1) is 17.0. The number of aromatic nitrogens is 2. The fraction of sp³-hybridized carbons (Fsp3) is 0.214. The Bertz CT molecular complexity index is 767. The van der Waals surface area contributed by atoms with Crippen LogP contribution in [0.2, 0.25) is 5.02 Å². The molecule has 0 radical (unpaired) electrons. The third-order valence-corrected chi connectivity index (χ3v) is 3.38. The highest BCUT2D eigenvalue weighted by atomic mass is 35.5. The van der Waals surface area contributed by atoms with Crippen molar-refractivity contribution in [2.45, 2.75) is 13.1 Å². The van der Waals surface area contributed by atoms with Crippen LogP contribution in [0.4, 0.5) is 18.9 Å². The standard InChI is InChI=1S/C14H11ClF3N3O2/c1-7(22)8-3-5-9(6-4-8)19-13(23)11-10(15)12(14(16,17)18)21(2)20-11/h3-6H,1-2H3,(H,19,23). The van der Waals surface area contributed by atoms with E-state index in [9.17, 15) is 22.8 Å². The molecule has 0 bridgehead atoms. The molecule has 0 aliphatic heterocycles. The first-order valence-corrected chi connectivity index (χ1v) is 6.71. The number of alkyl halides is 3. The van der Waals surface area contributed by atoms with Crippen LogP contribution in [0.1, 0.15) is 33.5 Å². The van der Waals surface area contributed by atoms with Gasteiger partial charge >= 0.3 is 6.18 Å². The highest BCUT2D eigenvalue weighted by molar-refractivity contribution is 6.34. The summed E-state index contributed by atoms with van der Waals surface area (Å²) in [5.41, 5.74) is -0.984. The molecule has 2 rings (SSSR count). The molecular weight excluding hydrogens is 335 g/mol. The van der Waals surface area contributed by atoms with Gasteiger partial charge in [-0.2, -0.15) is 18.3 Å². The lowest BCUT2D eigenvalue weighted by Gasteiger charge is -2.06. The van der Waals surface area contributed by atoms with Crippen LogP contribution in [-0.4, -0.2) is 21.5 Å². The number of aryl methyl sites for hydroxylation is 1. The van der Waals surface area contributed by atoms with Gasteiger partial charge in [-0.25, -0.2) is 0 Å². The number of hydrogen-bond donors (Lipinski definition) is 1. The molecule has 0 saturated carbocycles. The molecule has 0 atom stereocenters. The smallest absolute Gasteiger partial charge is 0.321 e. The van der Waals surface area contributed by atoms with Gasteiger partial charge in [0.05, 0.1) is 0 Å². The Morgan fingerprint density at radius 2 is 1.78 bits per heavy atom. The van der Waals surface area contributed by atoms with Gasteiger partial charge in [0.15, 0.2) is 17.2 Å². The topological polar surface area (TPSA) is 64.0 Å². The molecular formula is C14H11ClF3N3O2. The molecule has 0 aliphatic rings. The van der Waals surface area contributed by atoms with Crippen molar-refractivity contribution in [2.75, 3.05) is 5.32 Å². The average molecular weight is 346 g/mol. The molecule has 23 heavy (non-hydrogen) atoms. The summed E-state index contributed by atoms with van der Waals surface area (Å²) in [7, 11) is 1.05. The van der Waals surface area contributed by atoms with Crippen molar-refractivity contribution < 1.29 is 22.8 Å². The molecule has 1 heterocycles. The number of nitrogens with one attached hydrogen (secondary N) is 1. The van der Waals surface area contributed by atoms with Gasteiger partial charge in [-0.1, -0.05) is 11.6 Å². The monoisotopic (exact) mass is 345 g/mol. The minimum absolute atomic E-state index is 0.148. The number of hydrogen-bond acceptors (Lipinski definition) is 3. The van der Waals surface area contributed by atoms with E-state index in [1.54, 1.807) is 0 Å². The van der Waals surface area contributed by atoms with E-state index in [2.05, 4.69) is 10.4 Å². The van der Waals surface area contributed by atoms with Gasteiger partial charge in [0.25, 0.3) is 5.91 Å². The number of ketones is 1. The van der Waals surface area contributed by atoms with E-state index in [-0.39, 0.29) is 5.78 Å². The van der Waals surface area contributed by atoms with Crippen LogP contribution in [0.15, 0.2) is 24.3 Å². The number of benzene rings is 1. The highest BCUT2D eigenvalue weighted by Gasteiger charge is 2.39. The highest BCUT2D eigenvalue weighted by Crippen LogP contribution is 2.36. The molecule has 0 unspecified atom stereocenters. The zero-order valence-corrected chi connectivity index (χ0v) is 12.8. The quantitative estimate of drug-likeness (QED) is 0.865. The predicted octanol–water partition coefficient (Wildman–Crippen LogP) is 3.55. The summed E-state index contributed by atoms with van der Waals surface area (Å²) in [4.78, 5) is 23.2. The Labute approximate surface area is 134 Å². The zero-order chi connectivity index (χ0) is 17.4. The maximum atomic E-state index is 12.8. The molecule has 1 N–H and O–H groups in total. The number of carbonyl (C=O) groups is 2. The van der Waals surface area contributed by atoms with Crippen molar-refractivity contribution in [3.05, 3.63) is 46.2 Å². The van der Waals surface area contributed by atoms with E-state index in [1.165, 1.54) is 31.2 Å². The van der Waals surface area contributed by atoms with Crippen LogP contribution >= 0.6 is 11.6 Å². The van der Waals surface area contributed by atoms with Gasteiger partial charge in [-0.3, -0.25) is 14.3 Å². The summed E-state index contributed by atoms with van der Waals surface area (Å²) >= 11 is 5.63. The number of anilines is 1. The average Bonchev–Trinajstić information content (AvgIpc) is 2.74. The van der Waals surface area contributed by atoms with Crippen LogP contribution in [-0.2, 0) is 13.2 Å². The van der Waals surface area contributed by atoms with Crippen LogP contribution in [0.3, 0.4) is 0 Å². The van der Waals surface area contributed by atoms with Crippen molar-refractivity contribution in [3.8, 4) is 0 Å². The predicted molar refractivity (Wildman–Crippen MR) is 77.6 cm³/mol. The number of nitrogens with zero attached hydrogens (tertiary/aromatic N) is 2. The molecule has 0 spiro atoms. The van der Waals surface area contributed by atoms with E-state index >= 15 is 0 Å². The summed E-state index contributed by atoms with van der Waals surface area (Å²) in [6, 6.07) is 5.88. The van der Waals surface area contributed by atoms with Gasteiger partial charge in [0.2, 0.25) is 0 Å². The van der Waals surface area contributed by atoms with Crippen LogP contribution < -0.4 is 5.32 Å². The summed E-state index contributed by atoms with van der Waals surface area (Å²) in [6.07, 6.45) is -4.72. The Hall–Kier alpha value is -2.35. The SMILES string of the molecule is CC(=O)c1ccc(NC(=O)c2nn(C)c(C(F)(F)F)c2Cl)cc1. The maximum absolute atomic E-state index is 12.8. The van der Waals surface area contributed by atoms with Gasteiger partial charge in [0, 0.05) is 18.3 Å². The summed E-state index contributed by atoms with van der Waals surface area (Å²) < 4.78 is 39.0. The lowest BCUT2D eigenvalue weighted by Crippen LogP contribution is -2.13. The second-order valence-corrected chi connectivity index (χ2v) is 5.10. The third-order valence-electron chi connectivity index (χ3n) is 3.02. The van der Waals surface area contributed by atoms with E-state index in [4.69, 9.17) is 11.6 Å². The van der Waals surface area contributed by atoms with Crippen molar-refractivity contribution in [2.24, 2.45) is 7.05 Å². The molecule has 0 fully saturated rings. The molecule has 5 nitrogen and oxygen atoms in total. The van der Waals surface area contributed by atoms with Crippen molar-refractivity contribution >= 4 is 29.0 Å². The van der Waals surface area contributed by atoms with Crippen LogP contribution in [0.5, 0.6) is 0 Å². The molecule has 0 aliphatic carbocycles. The fourth-order valence-corrected chi connectivity index (χ4v) is 2.28. The fourth-order valence-electron chi connectivity index (χ4n) is 1.93. The Balaban J connectivity index is 2.26. The first-order chi connectivity index (χ1) is 10.6. The largest absolute Gasteiger partial charge is 0.434 e. The first-order valence-electron chi connectivity index (χ1n) is 6.33. The minimum atomic E-state index is -4.72. The van der Waals surface area contributed by atoms with Crippen molar-refractivity contribution in [1.29, 1.82) is 0 Å². The van der Waals surface area contributed by atoms with E-state index in [0.717, 1.165) is 7.05 Å². The molecule has 0 saturated heterocycles. The normalized spacial score (nSPS) is 11.4. The van der Waals surface area contributed by atoms with E-state index < -0.39 is 28.5 Å². The lowest BCUT2D eigenvalue weighted by atomic mass is 10.1. The second kappa shape index (κ2) is 6.04. The van der Waals surface area contributed by atoms with Gasteiger partial charge in [-0.15, -0.1) is 0 Å². The molecule has 1 aromatic heterocycles. The number of Topliss-reactive ketones (excluding diaryl/α,β-unsaturated/α-hetero) is 1. The summed E-state index contributed by atoms with van der Waals surface area (Å²) in [5, 5.41) is 5.13. The molecule has 1 aromatic carbocycles. The lowest BCUT2D eigenvalue weighted by molar-refractivity contribution is -0.143. The summed E-state index contributed by atoms with van der Waals surface area (Å²) in [5.74, 6) is -1.03. The molecule has 122 valence electrons. The molecule has 1 amide bonds. The summed E-state index contributed by atoms with van der Waals surface area (Å²) in [6.45, 7) is 1.39. The van der Waals surface area contributed by atoms with Gasteiger partial charge in [0.1, 0.15) is 5.02 Å². The van der Waals surface area contributed by atoms with E-state index in [1.807, 2.05) is 0 Å². The molecule has 9 heteroatoms. The Kier molecular flexibility index (Phi) is 4.46. The second-order valence-electron chi connectivity index (χ2n) is 4.72. The number of amides is 1. The maximum Gasteiger partial charge on any atom is 0.434 e.